The van der Waals surface area contributed by atoms with Crippen LogP contribution in [0, 0.1) is 0 Å². The molecule has 2 aromatic carbocycles. The Kier molecular flexibility index (Phi) is 4.01. The van der Waals surface area contributed by atoms with Crippen molar-refractivity contribution in [3.05, 3.63) is 58.9 Å². The average Bonchev–Trinajstić information content (AvgIpc) is 2.96. The van der Waals surface area contributed by atoms with E-state index in [1.807, 2.05) is 29.6 Å². The van der Waals surface area contributed by atoms with Crippen molar-refractivity contribution in [2.75, 3.05) is 0 Å². The summed E-state index contributed by atoms with van der Waals surface area (Å²) in [4.78, 5) is 4.65. The second-order valence-electron chi connectivity index (χ2n) is 4.62. The number of sulfonamides is 1. The molecule has 0 spiro atoms. The van der Waals surface area contributed by atoms with E-state index in [0.717, 1.165) is 21.8 Å². The van der Waals surface area contributed by atoms with Gasteiger partial charge in [0.1, 0.15) is 5.01 Å². The average molecular weight is 351 g/mol. The van der Waals surface area contributed by atoms with Gasteiger partial charge in [0.2, 0.25) is 10.0 Å². The lowest BCUT2D eigenvalue weighted by atomic mass is 10.2. The van der Waals surface area contributed by atoms with Crippen LogP contribution >= 0.6 is 22.9 Å². The lowest BCUT2D eigenvalue weighted by molar-refractivity contribution is 0.598. The van der Waals surface area contributed by atoms with Crippen LogP contribution in [0.2, 0.25) is 5.02 Å². The van der Waals surface area contributed by atoms with Crippen LogP contribution in [0.5, 0.6) is 0 Å². The molecular formula is C15H11ClN2O2S2. The molecule has 3 rings (SSSR count). The summed E-state index contributed by atoms with van der Waals surface area (Å²) < 4.78 is 22.5. The normalized spacial score (nSPS) is 11.5. The molecule has 0 saturated heterocycles. The van der Waals surface area contributed by atoms with Gasteiger partial charge in [-0.15, -0.1) is 11.3 Å². The Hall–Kier alpha value is -1.73. The van der Waals surface area contributed by atoms with Gasteiger partial charge in [0.05, 0.1) is 10.6 Å². The summed E-state index contributed by atoms with van der Waals surface area (Å²) in [5, 5.41) is 8.52. The number of nitrogens with zero attached hydrogens (tertiary/aromatic N) is 1. The number of primary sulfonamides is 1. The van der Waals surface area contributed by atoms with Gasteiger partial charge in [-0.3, -0.25) is 0 Å². The highest BCUT2D eigenvalue weighted by Crippen LogP contribution is 2.30. The second kappa shape index (κ2) is 5.81. The molecule has 112 valence electrons. The van der Waals surface area contributed by atoms with Gasteiger partial charge in [-0.25, -0.2) is 18.5 Å². The topological polar surface area (TPSA) is 73.1 Å². The van der Waals surface area contributed by atoms with Crippen LogP contribution in [0.1, 0.15) is 0 Å². The first kappa shape index (κ1) is 15.2. The van der Waals surface area contributed by atoms with Gasteiger partial charge < -0.3 is 0 Å². The van der Waals surface area contributed by atoms with Crippen molar-refractivity contribution in [3.8, 4) is 21.8 Å². The van der Waals surface area contributed by atoms with E-state index in [0.29, 0.717) is 5.02 Å². The first-order chi connectivity index (χ1) is 10.4. The number of benzene rings is 2. The number of hydrogen-bond acceptors (Lipinski definition) is 4. The lowest BCUT2D eigenvalue weighted by Crippen LogP contribution is -2.11. The zero-order valence-electron chi connectivity index (χ0n) is 11.2. The van der Waals surface area contributed by atoms with Gasteiger partial charge in [0.25, 0.3) is 0 Å². The third-order valence-electron chi connectivity index (χ3n) is 3.05. The Balaban J connectivity index is 1.94. The fraction of sp³-hybridized carbons (Fsp3) is 0. The van der Waals surface area contributed by atoms with Crippen LogP contribution in [0.4, 0.5) is 0 Å². The van der Waals surface area contributed by atoms with Gasteiger partial charge in [0, 0.05) is 21.5 Å². The van der Waals surface area contributed by atoms with E-state index < -0.39 is 10.0 Å². The van der Waals surface area contributed by atoms with Gasteiger partial charge >= 0.3 is 0 Å². The Labute approximate surface area is 137 Å². The van der Waals surface area contributed by atoms with Gasteiger partial charge in [-0.2, -0.15) is 0 Å². The van der Waals surface area contributed by atoms with E-state index in [4.69, 9.17) is 16.7 Å². The summed E-state index contributed by atoms with van der Waals surface area (Å²) in [6.45, 7) is 0. The lowest BCUT2D eigenvalue weighted by Gasteiger charge is -2.00. The molecule has 3 aromatic rings. The molecule has 0 amide bonds. The Morgan fingerprint density at radius 3 is 2.41 bits per heavy atom. The highest BCUT2D eigenvalue weighted by Gasteiger charge is 2.10. The van der Waals surface area contributed by atoms with E-state index in [1.165, 1.54) is 23.5 Å². The molecule has 1 heterocycles. The maximum Gasteiger partial charge on any atom is 0.238 e. The Morgan fingerprint density at radius 2 is 1.77 bits per heavy atom. The molecule has 4 nitrogen and oxygen atoms in total. The fourth-order valence-electron chi connectivity index (χ4n) is 1.98. The van der Waals surface area contributed by atoms with Crippen LogP contribution in [0.3, 0.4) is 0 Å². The standard InChI is InChI=1S/C15H11ClN2O2S2/c16-12-3-1-2-11(8-12)15-18-14(9-21-15)10-4-6-13(7-5-10)22(17,19)20/h1-9H,(H2,17,19,20). The highest BCUT2D eigenvalue weighted by molar-refractivity contribution is 7.89. The summed E-state index contributed by atoms with van der Waals surface area (Å²) >= 11 is 7.49. The van der Waals surface area contributed by atoms with Crippen molar-refractivity contribution in [2.24, 2.45) is 5.14 Å². The van der Waals surface area contributed by atoms with E-state index in [2.05, 4.69) is 4.98 Å². The molecule has 22 heavy (non-hydrogen) atoms. The molecule has 0 aliphatic rings. The summed E-state index contributed by atoms with van der Waals surface area (Å²) in [7, 11) is -3.68. The van der Waals surface area contributed by atoms with Crippen LogP contribution in [0.15, 0.2) is 58.8 Å². The fourth-order valence-corrected chi connectivity index (χ4v) is 3.51. The number of nitrogens with two attached hydrogens (primary N) is 1. The zero-order valence-corrected chi connectivity index (χ0v) is 13.6. The maximum absolute atomic E-state index is 11.3. The smallest absolute Gasteiger partial charge is 0.236 e. The van der Waals surface area contributed by atoms with Crippen molar-refractivity contribution < 1.29 is 8.42 Å². The van der Waals surface area contributed by atoms with Crippen molar-refractivity contribution in [1.82, 2.24) is 4.98 Å². The van der Waals surface area contributed by atoms with E-state index in [-0.39, 0.29) is 4.90 Å². The third-order valence-corrected chi connectivity index (χ3v) is 5.11. The van der Waals surface area contributed by atoms with Crippen LogP contribution in [0.25, 0.3) is 21.8 Å². The van der Waals surface area contributed by atoms with Gasteiger partial charge in [0.15, 0.2) is 0 Å². The van der Waals surface area contributed by atoms with E-state index in [1.54, 1.807) is 12.1 Å². The predicted octanol–water partition coefficient (Wildman–Crippen LogP) is 3.78. The molecule has 0 saturated carbocycles. The zero-order chi connectivity index (χ0) is 15.7. The van der Waals surface area contributed by atoms with Crippen molar-refractivity contribution in [2.45, 2.75) is 4.90 Å². The molecule has 0 bridgehead atoms. The quantitative estimate of drug-likeness (QED) is 0.781. The summed E-state index contributed by atoms with van der Waals surface area (Å²) in [6, 6.07) is 13.8. The first-order valence-corrected chi connectivity index (χ1v) is 9.08. The summed E-state index contributed by atoms with van der Waals surface area (Å²) in [6.07, 6.45) is 0. The molecule has 0 atom stereocenters. The molecule has 1 aromatic heterocycles. The van der Waals surface area contributed by atoms with Crippen LogP contribution in [-0.2, 0) is 10.0 Å². The molecular weight excluding hydrogens is 340 g/mol. The molecule has 0 aliphatic heterocycles. The van der Waals surface area contributed by atoms with Gasteiger partial charge in [-0.05, 0) is 24.3 Å². The Bertz CT molecular complexity index is 919. The van der Waals surface area contributed by atoms with Crippen molar-refractivity contribution >= 4 is 33.0 Å². The van der Waals surface area contributed by atoms with Crippen LogP contribution in [-0.4, -0.2) is 13.4 Å². The molecule has 7 heteroatoms. The van der Waals surface area contributed by atoms with Gasteiger partial charge in [-0.1, -0.05) is 35.9 Å². The highest BCUT2D eigenvalue weighted by atomic mass is 35.5. The summed E-state index contributed by atoms with van der Waals surface area (Å²) in [5.41, 5.74) is 2.56. The molecule has 2 N–H and O–H groups in total. The summed E-state index contributed by atoms with van der Waals surface area (Å²) in [5.74, 6) is 0. The minimum absolute atomic E-state index is 0.0848. The predicted molar refractivity (Wildman–Crippen MR) is 89.4 cm³/mol. The SMILES string of the molecule is NS(=O)(=O)c1ccc(-c2csc(-c3cccc(Cl)c3)n2)cc1. The molecule has 0 aliphatic carbocycles. The third kappa shape index (κ3) is 3.20. The monoisotopic (exact) mass is 350 g/mol. The minimum Gasteiger partial charge on any atom is -0.236 e. The Morgan fingerprint density at radius 1 is 1.05 bits per heavy atom. The second-order valence-corrected chi connectivity index (χ2v) is 7.47. The molecule has 0 fully saturated rings. The number of thiazole rings is 1. The van der Waals surface area contributed by atoms with Crippen LogP contribution < -0.4 is 5.14 Å². The minimum atomic E-state index is -3.68. The van der Waals surface area contributed by atoms with E-state index in [9.17, 15) is 8.42 Å². The maximum atomic E-state index is 11.3. The van der Waals surface area contributed by atoms with Crippen molar-refractivity contribution in [1.29, 1.82) is 0 Å². The van der Waals surface area contributed by atoms with Crippen molar-refractivity contribution in [3.63, 3.8) is 0 Å². The largest absolute Gasteiger partial charge is 0.238 e. The first-order valence-electron chi connectivity index (χ1n) is 6.28. The number of hydrogen-bond donors (Lipinski definition) is 1. The molecule has 0 unspecified atom stereocenters. The number of halogens is 1. The number of aromatic nitrogens is 1. The van der Waals surface area contributed by atoms with E-state index >= 15 is 0 Å². The molecule has 0 radical (unpaired) electrons. The number of rotatable bonds is 3.